The van der Waals surface area contributed by atoms with E-state index in [4.69, 9.17) is 5.11 Å². The molecular formula is C18H12N2O3S2. The van der Waals surface area contributed by atoms with Crippen LogP contribution >= 0.6 is 23.1 Å². The van der Waals surface area contributed by atoms with Crippen molar-refractivity contribution in [2.24, 2.45) is 0 Å². The Kier molecular flexibility index (Phi) is 3.17. The average molecular weight is 368 g/mol. The van der Waals surface area contributed by atoms with Crippen molar-refractivity contribution in [2.75, 3.05) is 0 Å². The number of thiophene rings is 1. The topological polar surface area (TPSA) is 70.5 Å². The van der Waals surface area contributed by atoms with Crippen LogP contribution in [0.2, 0.25) is 0 Å². The fourth-order valence-corrected chi connectivity index (χ4v) is 5.81. The summed E-state index contributed by atoms with van der Waals surface area (Å²) in [6, 6.07) is 6.03. The summed E-state index contributed by atoms with van der Waals surface area (Å²) in [6.45, 7) is 0. The van der Waals surface area contributed by atoms with Crippen molar-refractivity contribution in [3.05, 3.63) is 52.2 Å². The van der Waals surface area contributed by atoms with Crippen LogP contribution in [0.3, 0.4) is 0 Å². The molecule has 3 aliphatic rings. The zero-order chi connectivity index (χ0) is 17.1. The molecule has 1 unspecified atom stereocenters. The van der Waals surface area contributed by atoms with E-state index in [0.717, 1.165) is 21.2 Å². The van der Waals surface area contributed by atoms with Crippen molar-refractivity contribution < 1.29 is 14.7 Å². The van der Waals surface area contributed by atoms with Crippen LogP contribution < -0.4 is 0 Å². The van der Waals surface area contributed by atoms with Gasteiger partial charge in [0, 0.05) is 32.8 Å². The normalized spacial score (nSPS) is 22.2. The van der Waals surface area contributed by atoms with E-state index >= 15 is 0 Å². The van der Waals surface area contributed by atoms with Crippen LogP contribution in [-0.2, 0) is 15.3 Å². The molecule has 2 aromatic heterocycles. The van der Waals surface area contributed by atoms with Gasteiger partial charge in [-0.05, 0) is 36.3 Å². The highest BCUT2D eigenvalue weighted by Gasteiger charge is 2.48. The fourth-order valence-electron chi connectivity index (χ4n) is 3.51. The minimum absolute atomic E-state index is 0.106. The highest BCUT2D eigenvalue weighted by atomic mass is 32.2. The maximum Gasteiger partial charge on any atom is 0.352 e. The number of carbonyl (C=O) groups is 2. The Morgan fingerprint density at radius 2 is 2.32 bits per heavy atom. The molecule has 0 saturated carbocycles. The predicted molar refractivity (Wildman–Crippen MR) is 96.1 cm³/mol. The van der Waals surface area contributed by atoms with Crippen LogP contribution in [-0.4, -0.2) is 32.9 Å². The van der Waals surface area contributed by atoms with Crippen molar-refractivity contribution in [3.63, 3.8) is 0 Å². The molecule has 0 spiro atoms. The monoisotopic (exact) mass is 368 g/mol. The highest BCUT2D eigenvalue weighted by molar-refractivity contribution is 7.98. The van der Waals surface area contributed by atoms with Crippen LogP contribution in [0.1, 0.15) is 16.9 Å². The molecule has 2 aromatic rings. The quantitative estimate of drug-likeness (QED) is 0.650. The van der Waals surface area contributed by atoms with Crippen LogP contribution in [0.25, 0.3) is 16.5 Å². The number of rotatable bonds is 2. The van der Waals surface area contributed by atoms with Crippen LogP contribution in [0.5, 0.6) is 0 Å². The SMILES string of the molecule is O=C(O)C1=CCC2C(=Cc3cc4c(s3)-c3cccnc3SC4)C(=O)N12. The van der Waals surface area contributed by atoms with Gasteiger partial charge in [0.1, 0.15) is 10.7 Å². The summed E-state index contributed by atoms with van der Waals surface area (Å²) >= 11 is 3.39. The van der Waals surface area contributed by atoms with Gasteiger partial charge in [0.2, 0.25) is 0 Å². The minimum Gasteiger partial charge on any atom is -0.477 e. The number of fused-ring (bicyclic) bond motifs is 4. The van der Waals surface area contributed by atoms with Crippen LogP contribution in [0.15, 0.2) is 46.8 Å². The number of carbonyl (C=O) groups excluding carboxylic acids is 1. The molecular weight excluding hydrogens is 356 g/mol. The summed E-state index contributed by atoms with van der Waals surface area (Å²) < 4.78 is 0. The number of pyridine rings is 1. The Morgan fingerprint density at radius 3 is 3.16 bits per heavy atom. The molecule has 25 heavy (non-hydrogen) atoms. The van der Waals surface area contributed by atoms with Gasteiger partial charge < -0.3 is 5.11 Å². The minimum atomic E-state index is -1.04. The Balaban J connectivity index is 1.48. The van der Waals surface area contributed by atoms with Crippen LogP contribution in [0, 0.1) is 0 Å². The first kappa shape index (κ1) is 14.9. The lowest BCUT2D eigenvalue weighted by molar-refractivity contribution is -0.142. The summed E-state index contributed by atoms with van der Waals surface area (Å²) in [4.78, 5) is 31.6. The van der Waals surface area contributed by atoms with Crippen LogP contribution in [0.4, 0.5) is 0 Å². The number of carboxylic acids is 1. The van der Waals surface area contributed by atoms with E-state index in [2.05, 4.69) is 17.1 Å². The molecule has 124 valence electrons. The van der Waals surface area contributed by atoms with E-state index < -0.39 is 5.97 Å². The summed E-state index contributed by atoms with van der Waals surface area (Å²) in [6.07, 6.45) is 5.94. The van der Waals surface area contributed by atoms with E-state index in [9.17, 15) is 9.59 Å². The number of aromatic nitrogens is 1. The van der Waals surface area contributed by atoms with E-state index in [0.29, 0.717) is 12.0 Å². The lowest BCUT2D eigenvalue weighted by atomic mass is 9.94. The molecule has 5 rings (SSSR count). The van der Waals surface area contributed by atoms with E-state index in [1.807, 2.05) is 18.3 Å². The standard InChI is InChI=1S/C18H12N2O3S2/c21-17-12(13-3-4-14(18(22)23)20(13)17)7-10-6-9-8-24-16-11(15(9)25-10)2-1-5-19-16/h1-2,4-7,13H,3,8H2,(H,22,23). The third kappa shape index (κ3) is 2.12. The molecule has 1 N–H and O–H groups in total. The Hall–Kier alpha value is -2.38. The number of amides is 1. The van der Waals surface area contributed by atoms with Gasteiger partial charge in [-0.1, -0.05) is 6.08 Å². The van der Waals surface area contributed by atoms with Crippen molar-refractivity contribution in [1.29, 1.82) is 0 Å². The van der Waals surface area contributed by atoms with Crippen molar-refractivity contribution in [1.82, 2.24) is 9.88 Å². The van der Waals surface area contributed by atoms with Gasteiger partial charge in [-0.3, -0.25) is 9.69 Å². The van der Waals surface area contributed by atoms with Gasteiger partial charge >= 0.3 is 5.97 Å². The maximum absolute atomic E-state index is 12.3. The number of β-lactam (4-membered cyclic amide) rings is 1. The molecule has 1 fully saturated rings. The van der Waals surface area contributed by atoms with E-state index in [1.54, 1.807) is 29.2 Å². The Bertz CT molecular complexity index is 1010. The highest BCUT2D eigenvalue weighted by Crippen LogP contribution is 2.46. The molecule has 5 heterocycles. The maximum atomic E-state index is 12.3. The Morgan fingerprint density at radius 1 is 1.44 bits per heavy atom. The lowest BCUT2D eigenvalue weighted by Gasteiger charge is -2.38. The fraction of sp³-hybridized carbons (Fsp3) is 0.167. The first-order valence-corrected chi connectivity index (χ1v) is 9.63. The molecule has 5 nitrogen and oxygen atoms in total. The lowest BCUT2D eigenvalue weighted by Crippen LogP contribution is -2.52. The molecule has 0 bridgehead atoms. The number of nitrogens with zero attached hydrogens (tertiary/aromatic N) is 2. The van der Waals surface area contributed by atoms with Crippen molar-refractivity contribution >= 4 is 41.1 Å². The predicted octanol–water partition coefficient (Wildman–Crippen LogP) is 3.38. The first-order valence-electron chi connectivity index (χ1n) is 7.83. The summed E-state index contributed by atoms with van der Waals surface area (Å²) in [7, 11) is 0. The zero-order valence-corrected chi connectivity index (χ0v) is 14.6. The second-order valence-electron chi connectivity index (χ2n) is 6.07. The third-order valence-corrected chi connectivity index (χ3v) is 6.87. The van der Waals surface area contributed by atoms with Gasteiger partial charge in [0.25, 0.3) is 5.91 Å². The smallest absolute Gasteiger partial charge is 0.352 e. The number of hydrogen-bond acceptors (Lipinski definition) is 5. The number of thioether (sulfide) groups is 1. The largest absolute Gasteiger partial charge is 0.477 e. The molecule has 1 saturated heterocycles. The van der Waals surface area contributed by atoms with Gasteiger partial charge in [-0.2, -0.15) is 0 Å². The number of aliphatic carboxylic acids is 1. The van der Waals surface area contributed by atoms with Gasteiger partial charge in [0.15, 0.2) is 0 Å². The summed E-state index contributed by atoms with van der Waals surface area (Å²) in [5.74, 6) is -0.352. The second-order valence-corrected chi connectivity index (χ2v) is 8.12. The molecule has 7 heteroatoms. The summed E-state index contributed by atoms with van der Waals surface area (Å²) in [5, 5.41) is 10.2. The molecule has 1 atom stereocenters. The zero-order valence-electron chi connectivity index (χ0n) is 12.9. The average Bonchev–Trinajstić information content (AvgIpc) is 3.21. The Labute approximate surface area is 151 Å². The number of hydrogen-bond donors (Lipinski definition) is 1. The van der Waals surface area contributed by atoms with Gasteiger partial charge in [-0.25, -0.2) is 9.78 Å². The number of carboxylic acid groups (broad SMARTS) is 1. The molecule has 0 aliphatic carbocycles. The van der Waals surface area contributed by atoms with Gasteiger partial charge in [0.05, 0.1) is 6.04 Å². The summed E-state index contributed by atoms with van der Waals surface area (Å²) in [5.41, 5.74) is 3.22. The molecule has 1 amide bonds. The van der Waals surface area contributed by atoms with Gasteiger partial charge in [-0.15, -0.1) is 23.1 Å². The van der Waals surface area contributed by atoms with Crippen molar-refractivity contribution in [3.8, 4) is 10.4 Å². The first-order chi connectivity index (χ1) is 12.1. The second kappa shape index (κ2) is 5.31. The molecule has 0 aromatic carbocycles. The third-order valence-electron chi connectivity index (χ3n) is 4.66. The molecule has 0 radical (unpaired) electrons. The van der Waals surface area contributed by atoms with E-state index in [1.165, 1.54) is 15.3 Å². The van der Waals surface area contributed by atoms with Crippen molar-refractivity contribution in [2.45, 2.75) is 23.2 Å². The molecule has 3 aliphatic heterocycles. The van der Waals surface area contributed by atoms with E-state index in [-0.39, 0.29) is 17.6 Å².